The van der Waals surface area contributed by atoms with Crippen molar-refractivity contribution in [2.75, 3.05) is 10.7 Å². The van der Waals surface area contributed by atoms with Gasteiger partial charge in [0.15, 0.2) is 11.0 Å². The molecule has 4 rings (SSSR count). The molecule has 0 spiro atoms. The first kappa shape index (κ1) is 18.9. The maximum Gasteiger partial charge on any atom is 0.230 e. The van der Waals surface area contributed by atoms with E-state index in [1.165, 1.54) is 28.7 Å². The van der Waals surface area contributed by atoms with Crippen LogP contribution in [-0.4, -0.2) is 25.8 Å². The number of carbonyl (C=O) groups excluding carboxylic acids is 1. The van der Waals surface area contributed by atoms with Crippen LogP contribution < -0.4 is 10.7 Å². The van der Waals surface area contributed by atoms with E-state index in [1.807, 2.05) is 30.5 Å². The lowest BCUT2D eigenvalue weighted by Gasteiger charge is -2.19. The van der Waals surface area contributed by atoms with Crippen LogP contribution in [0.25, 0.3) is 0 Å². The predicted octanol–water partition coefficient (Wildman–Crippen LogP) is 3.92. The van der Waals surface area contributed by atoms with Gasteiger partial charge in [-0.05, 0) is 49.9 Å². The Morgan fingerprint density at radius 1 is 1.32 bits per heavy atom. The Balaban J connectivity index is 1.50. The van der Waals surface area contributed by atoms with E-state index in [0.717, 1.165) is 35.6 Å². The highest BCUT2D eigenvalue weighted by Gasteiger charge is 2.30. The summed E-state index contributed by atoms with van der Waals surface area (Å²) in [5, 5.41) is 11.7. The largest absolute Gasteiger partial charge is 0.336 e. The molecule has 1 saturated carbocycles. The molecule has 146 valence electrons. The first-order chi connectivity index (χ1) is 13.4. The van der Waals surface area contributed by atoms with Crippen LogP contribution >= 0.6 is 23.1 Å². The third-order valence-corrected chi connectivity index (χ3v) is 6.63. The number of thiazole rings is 1. The molecule has 7 nitrogen and oxygen atoms in total. The minimum Gasteiger partial charge on any atom is -0.336 e. The van der Waals surface area contributed by atoms with E-state index in [-0.39, 0.29) is 5.91 Å². The van der Waals surface area contributed by atoms with Crippen LogP contribution in [0.4, 0.5) is 10.8 Å². The lowest BCUT2D eigenvalue weighted by atomic mass is 10.1. The fourth-order valence-corrected chi connectivity index (χ4v) is 4.65. The minimum absolute atomic E-state index is 0.0624. The number of hydrogen-bond acceptors (Lipinski definition) is 7. The summed E-state index contributed by atoms with van der Waals surface area (Å²) in [7, 11) is 0. The van der Waals surface area contributed by atoms with Gasteiger partial charge in [0, 0.05) is 24.0 Å². The summed E-state index contributed by atoms with van der Waals surface area (Å²) in [6, 6.07) is 6.00. The monoisotopic (exact) mass is 414 g/mol. The standard InChI is InChI=1S/C19H22N6OS2/c1-11-4-7-16(8-12(11)2)24(13(3)26)18-21-15(9-27-18)10-28-19-23-22-17(25(19)20)14-5-6-14/h4,7-9,14H,5-6,10,20H2,1-3H3. The second-order valence-corrected chi connectivity index (χ2v) is 8.80. The molecular weight excluding hydrogens is 392 g/mol. The average Bonchev–Trinajstić information content (AvgIpc) is 3.28. The van der Waals surface area contributed by atoms with Gasteiger partial charge in [0.1, 0.15) is 0 Å². The fraction of sp³-hybridized carbons (Fsp3) is 0.368. The van der Waals surface area contributed by atoms with Gasteiger partial charge in [0.25, 0.3) is 0 Å². The maximum atomic E-state index is 12.3. The molecule has 1 aromatic carbocycles. The van der Waals surface area contributed by atoms with Crippen molar-refractivity contribution >= 4 is 39.8 Å². The van der Waals surface area contributed by atoms with Crippen LogP contribution in [0.15, 0.2) is 28.7 Å². The van der Waals surface area contributed by atoms with Gasteiger partial charge >= 0.3 is 0 Å². The van der Waals surface area contributed by atoms with Gasteiger partial charge in [-0.1, -0.05) is 17.8 Å². The molecule has 2 aromatic heterocycles. The third kappa shape index (κ3) is 3.77. The Morgan fingerprint density at radius 3 is 2.79 bits per heavy atom. The number of anilines is 2. The number of rotatable bonds is 6. The lowest BCUT2D eigenvalue weighted by Crippen LogP contribution is -2.22. The quantitative estimate of drug-likeness (QED) is 0.486. The van der Waals surface area contributed by atoms with E-state index in [0.29, 0.717) is 22.0 Å². The number of benzene rings is 1. The number of nitrogens with two attached hydrogens (primary N) is 1. The second-order valence-electron chi connectivity index (χ2n) is 7.02. The zero-order valence-electron chi connectivity index (χ0n) is 16.0. The third-order valence-electron chi connectivity index (χ3n) is 4.78. The van der Waals surface area contributed by atoms with Crippen LogP contribution in [0.1, 0.15) is 48.3 Å². The number of aryl methyl sites for hydroxylation is 2. The molecule has 0 saturated heterocycles. The highest BCUT2D eigenvalue weighted by atomic mass is 32.2. The number of nitrogen functional groups attached to an aromatic ring is 1. The average molecular weight is 415 g/mol. The molecule has 3 aromatic rings. The SMILES string of the molecule is CC(=O)N(c1ccc(C)c(C)c1)c1nc(CSc2nnc(C3CC3)n2N)cs1. The second kappa shape index (κ2) is 7.56. The van der Waals surface area contributed by atoms with Crippen molar-refractivity contribution in [3.8, 4) is 0 Å². The van der Waals surface area contributed by atoms with Crippen molar-refractivity contribution in [3.05, 3.63) is 46.2 Å². The minimum atomic E-state index is -0.0624. The molecule has 1 aliphatic rings. The van der Waals surface area contributed by atoms with Gasteiger partial charge in [-0.3, -0.25) is 9.69 Å². The summed E-state index contributed by atoms with van der Waals surface area (Å²) in [6.07, 6.45) is 2.27. The summed E-state index contributed by atoms with van der Waals surface area (Å²) in [5.41, 5.74) is 4.06. The molecule has 0 unspecified atom stereocenters. The Bertz CT molecular complexity index is 1020. The molecule has 0 radical (unpaired) electrons. The van der Waals surface area contributed by atoms with Crippen molar-refractivity contribution < 1.29 is 4.79 Å². The summed E-state index contributed by atoms with van der Waals surface area (Å²) >= 11 is 2.96. The number of thioether (sulfide) groups is 1. The van der Waals surface area contributed by atoms with E-state index in [2.05, 4.69) is 22.1 Å². The summed E-state index contributed by atoms with van der Waals surface area (Å²) < 4.78 is 1.59. The Hall–Kier alpha value is -2.39. The van der Waals surface area contributed by atoms with Gasteiger partial charge < -0.3 is 5.84 Å². The predicted molar refractivity (Wildman–Crippen MR) is 113 cm³/mol. The van der Waals surface area contributed by atoms with Crippen LogP contribution in [0.2, 0.25) is 0 Å². The smallest absolute Gasteiger partial charge is 0.230 e. The molecule has 2 heterocycles. The molecule has 0 bridgehead atoms. The number of amides is 1. The Morgan fingerprint density at radius 2 is 2.11 bits per heavy atom. The molecule has 9 heteroatoms. The molecule has 28 heavy (non-hydrogen) atoms. The van der Waals surface area contributed by atoms with Crippen LogP contribution in [0.3, 0.4) is 0 Å². The molecule has 1 fully saturated rings. The summed E-state index contributed by atoms with van der Waals surface area (Å²) in [5.74, 6) is 7.98. The van der Waals surface area contributed by atoms with Crippen molar-refractivity contribution in [1.82, 2.24) is 19.9 Å². The van der Waals surface area contributed by atoms with E-state index < -0.39 is 0 Å². The molecule has 0 atom stereocenters. The van der Waals surface area contributed by atoms with Gasteiger partial charge in [-0.2, -0.15) is 0 Å². The van der Waals surface area contributed by atoms with Gasteiger partial charge in [-0.15, -0.1) is 21.5 Å². The fourth-order valence-electron chi connectivity index (χ4n) is 2.90. The first-order valence-corrected chi connectivity index (χ1v) is 11.0. The highest BCUT2D eigenvalue weighted by Crippen LogP contribution is 2.39. The summed E-state index contributed by atoms with van der Waals surface area (Å²) in [6.45, 7) is 5.65. The molecular formula is C19H22N6OS2. The van der Waals surface area contributed by atoms with Crippen LogP contribution in [0, 0.1) is 13.8 Å². The van der Waals surface area contributed by atoms with E-state index in [1.54, 1.807) is 16.5 Å². The molecule has 0 aliphatic heterocycles. The highest BCUT2D eigenvalue weighted by molar-refractivity contribution is 7.98. The zero-order chi connectivity index (χ0) is 19.8. The van der Waals surface area contributed by atoms with Crippen molar-refractivity contribution in [3.63, 3.8) is 0 Å². The van der Waals surface area contributed by atoms with Gasteiger partial charge in [-0.25, -0.2) is 9.66 Å². The number of aromatic nitrogens is 4. The zero-order valence-corrected chi connectivity index (χ0v) is 17.7. The van der Waals surface area contributed by atoms with Crippen molar-refractivity contribution in [1.29, 1.82) is 0 Å². The van der Waals surface area contributed by atoms with Crippen molar-refractivity contribution in [2.24, 2.45) is 0 Å². The number of hydrogen-bond donors (Lipinski definition) is 1. The molecule has 1 aliphatic carbocycles. The van der Waals surface area contributed by atoms with Crippen molar-refractivity contribution in [2.45, 2.75) is 50.4 Å². The lowest BCUT2D eigenvalue weighted by molar-refractivity contribution is -0.115. The number of carbonyl (C=O) groups is 1. The van der Waals surface area contributed by atoms with E-state index in [9.17, 15) is 4.79 Å². The van der Waals surface area contributed by atoms with E-state index in [4.69, 9.17) is 5.84 Å². The van der Waals surface area contributed by atoms with Crippen LogP contribution in [-0.2, 0) is 10.5 Å². The maximum absolute atomic E-state index is 12.3. The first-order valence-electron chi connectivity index (χ1n) is 9.09. The normalized spacial score (nSPS) is 13.7. The van der Waals surface area contributed by atoms with Gasteiger partial charge in [0.05, 0.1) is 11.4 Å². The van der Waals surface area contributed by atoms with Gasteiger partial charge in [0.2, 0.25) is 11.1 Å². The Kier molecular flexibility index (Phi) is 5.11. The topological polar surface area (TPSA) is 89.9 Å². The summed E-state index contributed by atoms with van der Waals surface area (Å²) in [4.78, 5) is 18.6. The molecule has 2 N–H and O–H groups in total. The van der Waals surface area contributed by atoms with Crippen LogP contribution in [0.5, 0.6) is 0 Å². The van der Waals surface area contributed by atoms with E-state index >= 15 is 0 Å². The number of nitrogens with zero attached hydrogens (tertiary/aromatic N) is 5. The molecule has 1 amide bonds. The Labute approximate surface area is 172 Å².